The average Bonchev–Trinajstić information content (AvgIpc) is 2.28. The predicted octanol–water partition coefficient (Wildman–Crippen LogP) is 2.53. The summed E-state index contributed by atoms with van der Waals surface area (Å²) in [6, 6.07) is 7.44. The molecule has 1 aromatic carbocycles. The standard InChI is InChI=1S/C12H17IN2O2/c1-9(16)7-8-15(2)12(17)14-11-5-3-10(13)4-6-11/h3-6,9,16H,7-8H2,1-2H3,(H,14,17). The topological polar surface area (TPSA) is 52.6 Å². The smallest absolute Gasteiger partial charge is 0.321 e. The Hall–Kier alpha value is -0.820. The molecular formula is C12H17IN2O2. The van der Waals surface area contributed by atoms with Crippen molar-refractivity contribution in [3.63, 3.8) is 0 Å². The van der Waals surface area contributed by atoms with Crippen LogP contribution in [0.25, 0.3) is 0 Å². The minimum Gasteiger partial charge on any atom is -0.393 e. The third-order valence-electron chi connectivity index (χ3n) is 2.32. The number of hydrogen-bond donors (Lipinski definition) is 2. The molecule has 0 saturated carbocycles. The molecule has 4 nitrogen and oxygen atoms in total. The second kappa shape index (κ2) is 6.80. The van der Waals surface area contributed by atoms with Gasteiger partial charge in [0.05, 0.1) is 6.10 Å². The Kier molecular flexibility index (Phi) is 5.70. The van der Waals surface area contributed by atoms with Gasteiger partial charge in [0.25, 0.3) is 0 Å². The number of nitrogens with zero attached hydrogens (tertiary/aromatic N) is 1. The maximum absolute atomic E-state index is 11.7. The zero-order chi connectivity index (χ0) is 12.8. The lowest BCUT2D eigenvalue weighted by Gasteiger charge is -2.18. The van der Waals surface area contributed by atoms with E-state index in [-0.39, 0.29) is 12.1 Å². The first-order valence-electron chi connectivity index (χ1n) is 5.45. The molecule has 0 aliphatic heterocycles. The number of urea groups is 1. The third-order valence-corrected chi connectivity index (χ3v) is 3.04. The van der Waals surface area contributed by atoms with E-state index in [1.165, 1.54) is 0 Å². The first-order chi connectivity index (χ1) is 7.99. The molecule has 1 atom stereocenters. The van der Waals surface area contributed by atoms with Crippen LogP contribution in [0.4, 0.5) is 10.5 Å². The van der Waals surface area contributed by atoms with Crippen LogP contribution in [0.3, 0.4) is 0 Å². The fourth-order valence-electron chi connectivity index (χ4n) is 1.23. The summed E-state index contributed by atoms with van der Waals surface area (Å²) in [5.41, 5.74) is 0.777. The van der Waals surface area contributed by atoms with Gasteiger partial charge in [-0.1, -0.05) is 0 Å². The Morgan fingerprint density at radius 2 is 2.06 bits per heavy atom. The van der Waals surface area contributed by atoms with E-state index >= 15 is 0 Å². The second-order valence-corrected chi connectivity index (χ2v) is 5.24. The quantitative estimate of drug-likeness (QED) is 0.822. The number of aliphatic hydroxyl groups is 1. The van der Waals surface area contributed by atoms with Crippen molar-refractivity contribution in [1.82, 2.24) is 4.90 Å². The zero-order valence-electron chi connectivity index (χ0n) is 9.98. The number of nitrogens with one attached hydrogen (secondary N) is 1. The summed E-state index contributed by atoms with van der Waals surface area (Å²) in [7, 11) is 1.71. The third kappa shape index (κ3) is 5.36. The first-order valence-corrected chi connectivity index (χ1v) is 6.52. The molecule has 17 heavy (non-hydrogen) atoms. The first kappa shape index (κ1) is 14.2. The van der Waals surface area contributed by atoms with Gasteiger partial charge in [0.1, 0.15) is 0 Å². The molecule has 1 aromatic rings. The normalized spacial score (nSPS) is 12.0. The Bertz CT molecular complexity index is 365. The molecule has 0 fully saturated rings. The molecule has 0 aliphatic rings. The van der Waals surface area contributed by atoms with E-state index < -0.39 is 0 Å². The monoisotopic (exact) mass is 348 g/mol. The van der Waals surface area contributed by atoms with Crippen LogP contribution in [0.5, 0.6) is 0 Å². The summed E-state index contributed by atoms with van der Waals surface area (Å²) in [5, 5.41) is 11.9. The molecule has 0 bridgehead atoms. The molecule has 0 radical (unpaired) electrons. The maximum atomic E-state index is 11.7. The van der Waals surface area contributed by atoms with E-state index in [1.54, 1.807) is 18.9 Å². The lowest BCUT2D eigenvalue weighted by molar-refractivity contribution is 0.167. The van der Waals surface area contributed by atoms with Crippen LogP contribution in [0.1, 0.15) is 13.3 Å². The number of benzene rings is 1. The number of anilines is 1. The highest BCUT2D eigenvalue weighted by Crippen LogP contribution is 2.11. The molecule has 0 saturated heterocycles. The molecular weight excluding hydrogens is 331 g/mol. The summed E-state index contributed by atoms with van der Waals surface area (Å²) in [4.78, 5) is 13.3. The Morgan fingerprint density at radius 3 is 2.59 bits per heavy atom. The van der Waals surface area contributed by atoms with Crippen LogP contribution in [0.2, 0.25) is 0 Å². The number of rotatable bonds is 4. The lowest BCUT2D eigenvalue weighted by Crippen LogP contribution is -2.33. The largest absolute Gasteiger partial charge is 0.393 e. The van der Waals surface area contributed by atoms with Gasteiger partial charge in [0.2, 0.25) is 0 Å². The van der Waals surface area contributed by atoms with Crippen molar-refractivity contribution in [2.24, 2.45) is 0 Å². The van der Waals surface area contributed by atoms with Gasteiger partial charge in [-0.05, 0) is 60.2 Å². The highest BCUT2D eigenvalue weighted by Gasteiger charge is 2.09. The molecule has 1 unspecified atom stereocenters. The second-order valence-electron chi connectivity index (χ2n) is 4.00. The Balaban J connectivity index is 2.45. The Morgan fingerprint density at radius 1 is 1.47 bits per heavy atom. The van der Waals surface area contributed by atoms with Gasteiger partial charge in [-0.2, -0.15) is 0 Å². The zero-order valence-corrected chi connectivity index (χ0v) is 12.1. The van der Waals surface area contributed by atoms with Gasteiger partial charge in [0.15, 0.2) is 0 Å². The number of hydrogen-bond acceptors (Lipinski definition) is 2. The lowest BCUT2D eigenvalue weighted by atomic mass is 10.3. The molecule has 1 rings (SSSR count). The summed E-state index contributed by atoms with van der Waals surface area (Å²) >= 11 is 2.21. The SMILES string of the molecule is CC(O)CCN(C)C(=O)Nc1ccc(I)cc1. The van der Waals surface area contributed by atoms with Crippen LogP contribution in [0.15, 0.2) is 24.3 Å². The molecule has 0 aliphatic carbocycles. The number of aliphatic hydroxyl groups excluding tert-OH is 1. The molecule has 0 aromatic heterocycles. The van der Waals surface area contributed by atoms with Crippen molar-refractivity contribution >= 4 is 34.3 Å². The number of carbonyl (C=O) groups is 1. The van der Waals surface area contributed by atoms with E-state index in [0.717, 1.165) is 9.26 Å². The van der Waals surface area contributed by atoms with Gasteiger partial charge >= 0.3 is 6.03 Å². The van der Waals surface area contributed by atoms with Crippen molar-refractivity contribution < 1.29 is 9.90 Å². The number of halogens is 1. The van der Waals surface area contributed by atoms with Crippen LogP contribution in [-0.2, 0) is 0 Å². The van der Waals surface area contributed by atoms with Crippen LogP contribution in [-0.4, -0.2) is 35.7 Å². The van der Waals surface area contributed by atoms with Gasteiger partial charge in [-0.3, -0.25) is 0 Å². The highest BCUT2D eigenvalue weighted by molar-refractivity contribution is 14.1. The van der Waals surface area contributed by atoms with E-state index in [9.17, 15) is 4.79 Å². The summed E-state index contributed by atoms with van der Waals surface area (Å²) in [5.74, 6) is 0. The molecule has 2 amide bonds. The van der Waals surface area contributed by atoms with E-state index in [4.69, 9.17) is 5.11 Å². The van der Waals surface area contributed by atoms with Crippen molar-refractivity contribution in [2.75, 3.05) is 18.9 Å². The minimum atomic E-state index is -0.386. The number of carbonyl (C=O) groups excluding carboxylic acids is 1. The van der Waals surface area contributed by atoms with E-state index in [0.29, 0.717) is 13.0 Å². The van der Waals surface area contributed by atoms with Gasteiger partial charge in [-0.25, -0.2) is 4.79 Å². The van der Waals surface area contributed by atoms with E-state index in [2.05, 4.69) is 27.9 Å². The minimum absolute atomic E-state index is 0.160. The van der Waals surface area contributed by atoms with Gasteiger partial charge in [0, 0.05) is 22.8 Å². The Labute approximate surface area is 115 Å². The van der Waals surface area contributed by atoms with Gasteiger partial charge < -0.3 is 15.3 Å². The van der Waals surface area contributed by atoms with Crippen molar-refractivity contribution in [1.29, 1.82) is 0 Å². The maximum Gasteiger partial charge on any atom is 0.321 e. The summed E-state index contributed by atoms with van der Waals surface area (Å²) in [6.45, 7) is 2.25. The number of amides is 2. The molecule has 0 spiro atoms. The summed E-state index contributed by atoms with van der Waals surface area (Å²) in [6.07, 6.45) is 0.194. The van der Waals surface area contributed by atoms with Crippen molar-refractivity contribution in [3.8, 4) is 0 Å². The van der Waals surface area contributed by atoms with Crippen LogP contribution in [0, 0.1) is 3.57 Å². The fraction of sp³-hybridized carbons (Fsp3) is 0.417. The molecule has 2 N–H and O–H groups in total. The van der Waals surface area contributed by atoms with Crippen molar-refractivity contribution in [2.45, 2.75) is 19.4 Å². The molecule has 0 heterocycles. The predicted molar refractivity (Wildman–Crippen MR) is 77.1 cm³/mol. The fourth-order valence-corrected chi connectivity index (χ4v) is 1.59. The van der Waals surface area contributed by atoms with Crippen molar-refractivity contribution in [3.05, 3.63) is 27.8 Å². The average molecular weight is 348 g/mol. The molecule has 5 heteroatoms. The molecule has 94 valence electrons. The van der Waals surface area contributed by atoms with Crippen LogP contribution >= 0.6 is 22.6 Å². The van der Waals surface area contributed by atoms with E-state index in [1.807, 2.05) is 24.3 Å². The van der Waals surface area contributed by atoms with Crippen LogP contribution < -0.4 is 5.32 Å². The van der Waals surface area contributed by atoms with Gasteiger partial charge in [-0.15, -0.1) is 0 Å². The highest BCUT2D eigenvalue weighted by atomic mass is 127. The summed E-state index contributed by atoms with van der Waals surface area (Å²) < 4.78 is 1.13.